The number of para-hydroxylation sites is 1. The van der Waals surface area contributed by atoms with Gasteiger partial charge < -0.3 is 15.2 Å². The zero-order chi connectivity index (χ0) is 16.5. The summed E-state index contributed by atoms with van der Waals surface area (Å²) in [5.74, 6) is -0.997. The Morgan fingerprint density at radius 3 is 2.55 bits per heavy atom. The topological polar surface area (TPSA) is 78.9 Å². The van der Waals surface area contributed by atoms with Gasteiger partial charge in [0, 0.05) is 13.0 Å². The van der Waals surface area contributed by atoms with Crippen LogP contribution in [0.1, 0.15) is 27.2 Å². The third kappa shape index (κ3) is 2.89. The van der Waals surface area contributed by atoms with Crippen molar-refractivity contribution in [3.63, 3.8) is 0 Å². The van der Waals surface area contributed by atoms with Crippen molar-refractivity contribution in [3.8, 4) is 0 Å². The molecule has 0 aliphatic carbocycles. The van der Waals surface area contributed by atoms with Gasteiger partial charge in [-0.15, -0.1) is 0 Å². The molecular weight excluding hydrogens is 291 g/mol. The summed E-state index contributed by atoms with van der Waals surface area (Å²) in [7, 11) is 0. The van der Waals surface area contributed by atoms with E-state index in [1.54, 1.807) is 19.9 Å². The van der Waals surface area contributed by atoms with E-state index in [2.05, 4.69) is 5.32 Å². The highest BCUT2D eigenvalue weighted by atomic mass is 19.1. The summed E-state index contributed by atoms with van der Waals surface area (Å²) in [6.45, 7) is 4.59. The third-order valence-corrected chi connectivity index (χ3v) is 3.94. The van der Waals surface area contributed by atoms with Crippen molar-refractivity contribution < 1.29 is 23.8 Å². The van der Waals surface area contributed by atoms with E-state index in [4.69, 9.17) is 4.74 Å². The highest BCUT2D eigenvalue weighted by molar-refractivity contribution is 5.91. The van der Waals surface area contributed by atoms with Crippen LogP contribution in [0.15, 0.2) is 24.3 Å². The van der Waals surface area contributed by atoms with Crippen LogP contribution in [0.5, 0.6) is 0 Å². The molecule has 0 spiro atoms. The summed E-state index contributed by atoms with van der Waals surface area (Å²) in [6, 6.07) is 5.80. The van der Waals surface area contributed by atoms with Gasteiger partial charge in [-0.2, -0.15) is 0 Å². The number of rotatable bonds is 4. The number of amides is 2. The van der Waals surface area contributed by atoms with Crippen LogP contribution in [0.25, 0.3) is 0 Å². The second kappa shape index (κ2) is 5.57. The van der Waals surface area contributed by atoms with Crippen LogP contribution in [0.3, 0.4) is 0 Å². The smallest absolute Gasteiger partial charge is 0.412 e. The molecule has 1 atom stereocenters. The SMILES string of the molecule is CC1(C)OC(=O)N(CCC(=O)Nc2ccccc2F)[C@]1(C)O. The van der Waals surface area contributed by atoms with E-state index in [0.717, 1.165) is 4.90 Å². The molecule has 0 saturated carbocycles. The number of anilines is 1. The largest absolute Gasteiger partial charge is 0.438 e. The predicted molar refractivity (Wildman–Crippen MR) is 77.5 cm³/mol. The van der Waals surface area contributed by atoms with E-state index in [-0.39, 0.29) is 18.7 Å². The molecule has 2 rings (SSSR count). The summed E-state index contributed by atoms with van der Waals surface area (Å²) >= 11 is 0. The van der Waals surface area contributed by atoms with Crippen molar-refractivity contribution in [1.29, 1.82) is 0 Å². The van der Waals surface area contributed by atoms with E-state index in [1.807, 2.05) is 0 Å². The van der Waals surface area contributed by atoms with Gasteiger partial charge in [-0.1, -0.05) is 12.1 Å². The van der Waals surface area contributed by atoms with Gasteiger partial charge in [0.05, 0.1) is 5.69 Å². The molecule has 1 heterocycles. The molecule has 1 aliphatic heterocycles. The van der Waals surface area contributed by atoms with Gasteiger partial charge in [0.2, 0.25) is 5.91 Å². The van der Waals surface area contributed by atoms with Crippen LogP contribution in [-0.4, -0.2) is 39.9 Å². The van der Waals surface area contributed by atoms with Crippen LogP contribution in [-0.2, 0) is 9.53 Å². The number of hydrogen-bond acceptors (Lipinski definition) is 4. The lowest BCUT2D eigenvalue weighted by Gasteiger charge is -2.34. The second-order valence-electron chi connectivity index (χ2n) is 5.83. The van der Waals surface area contributed by atoms with Crippen molar-refractivity contribution in [3.05, 3.63) is 30.1 Å². The molecule has 2 N–H and O–H groups in total. The Hall–Kier alpha value is -2.15. The number of halogens is 1. The van der Waals surface area contributed by atoms with Crippen molar-refractivity contribution >= 4 is 17.7 Å². The summed E-state index contributed by atoms with van der Waals surface area (Å²) in [5.41, 5.74) is -2.53. The van der Waals surface area contributed by atoms with Crippen molar-refractivity contribution in [2.45, 2.75) is 38.5 Å². The van der Waals surface area contributed by atoms with Crippen molar-refractivity contribution in [2.75, 3.05) is 11.9 Å². The molecule has 0 bridgehead atoms. The summed E-state index contributed by atoms with van der Waals surface area (Å²) in [5, 5.41) is 12.8. The summed E-state index contributed by atoms with van der Waals surface area (Å²) in [4.78, 5) is 24.7. The minimum atomic E-state index is -1.53. The number of carbonyl (C=O) groups is 2. The molecule has 1 saturated heterocycles. The average Bonchev–Trinajstić information content (AvgIpc) is 2.55. The minimum absolute atomic E-state index is 0.0322. The number of aliphatic hydroxyl groups is 1. The second-order valence-corrected chi connectivity index (χ2v) is 5.83. The monoisotopic (exact) mass is 310 g/mol. The van der Waals surface area contributed by atoms with Crippen LogP contribution >= 0.6 is 0 Å². The maximum Gasteiger partial charge on any atom is 0.412 e. The molecule has 1 fully saturated rings. The number of nitrogens with zero attached hydrogens (tertiary/aromatic N) is 1. The molecule has 7 heteroatoms. The zero-order valence-electron chi connectivity index (χ0n) is 12.7. The van der Waals surface area contributed by atoms with Gasteiger partial charge in [0.25, 0.3) is 0 Å². The number of nitrogens with one attached hydrogen (secondary N) is 1. The molecule has 0 radical (unpaired) electrons. The number of cyclic esters (lactones) is 1. The first-order valence-electron chi connectivity index (χ1n) is 6.92. The molecular formula is C15H19FN2O4. The van der Waals surface area contributed by atoms with E-state index in [0.29, 0.717) is 0 Å². The van der Waals surface area contributed by atoms with E-state index in [1.165, 1.54) is 25.1 Å². The molecule has 0 unspecified atom stereocenters. The molecule has 120 valence electrons. The number of carbonyl (C=O) groups excluding carboxylic acids is 2. The Morgan fingerprint density at radius 1 is 1.36 bits per heavy atom. The number of hydrogen-bond donors (Lipinski definition) is 2. The summed E-state index contributed by atoms with van der Waals surface area (Å²) in [6.07, 6.45) is -0.774. The fourth-order valence-electron chi connectivity index (χ4n) is 2.17. The molecule has 1 aromatic rings. The standard InChI is InChI=1S/C15H19FN2O4/c1-14(2)15(3,21)18(13(20)22-14)9-8-12(19)17-11-7-5-4-6-10(11)16/h4-7,21H,8-9H2,1-3H3,(H,17,19)/t15-/m1/s1. The highest BCUT2D eigenvalue weighted by Crippen LogP contribution is 2.36. The van der Waals surface area contributed by atoms with Crippen LogP contribution in [0.2, 0.25) is 0 Å². The third-order valence-electron chi connectivity index (χ3n) is 3.94. The zero-order valence-corrected chi connectivity index (χ0v) is 12.7. The van der Waals surface area contributed by atoms with Gasteiger partial charge in [0.1, 0.15) is 5.82 Å². The maximum absolute atomic E-state index is 13.4. The van der Waals surface area contributed by atoms with E-state index < -0.39 is 29.1 Å². The fraction of sp³-hybridized carbons (Fsp3) is 0.467. The van der Waals surface area contributed by atoms with Gasteiger partial charge in [-0.05, 0) is 32.9 Å². The fourth-order valence-corrected chi connectivity index (χ4v) is 2.17. The highest BCUT2D eigenvalue weighted by Gasteiger charge is 2.56. The van der Waals surface area contributed by atoms with Gasteiger partial charge in [-0.3, -0.25) is 9.69 Å². The Labute approximate surface area is 127 Å². The molecule has 22 heavy (non-hydrogen) atoms. The quantitative estimate of drug-likeness (QED) is 0.892. The van der Waals surface area contributed by atoms with Crippen molar-refractivity contribution in [2.24, 2.45) is 0 Å². The first-order valence-corrected chi connectivity index (χ1v) is 6.92. The molecule has 2 amide bonds. The van der Waals surface area contributed by atoms with Crippen LogP contribution in [0.4, 0.5) is 14.9 Å². The Morgan fingerprint density at radius 2 is 2.00 bits per heavy atom. The molecule has 6 nitrogen and oxygen atoms in total. The normalized spacial score (nSPS) is 23.3. The Kier molecular flexibility index (Phi) is 4.10. The average molecular weight is 310 g/mol. The van der Waals surface area contributed by atoms with Gasteiger partial charge in [-0.25, -0.2) is 9.18 Å². The van der Waals surface area contributed by atoms with E-state index >= 15 is 0 Å². The molecule has 0 aromatic heterocycles. The molecule has 1 aromatic carbocycles. The summed E-state index contributed by atoms with van der Waals surface area (Å²) < 4.78 is 18.5. The van der Waals surface area contributed by atoms with Gasteiger partial charge >= 0.3 is 6.09 Å². The minimum Gasteiger partial charge on any atom is -0.438 e. The molecule has 1 aliphatic rings. The van der Waals surface area contributed by atoms with E-state index in [9.17, 15) is 19.1 Å². The predicted octanol–water partition coefficient (Wildman–Crippen LogP) is 2.09. The lowest BCUT2D eigenvalue weighted by molar-refractivity contribution is -0.130. The number of benzene rings is 1. The first kappa shape index (κ1) is 16.2. The van der Waals surface area contributed by atoms with Crippen molar-refractivity contribution in [1.82, 2.24) is 4.90 Å². The Bertz CT molecular complexity index is 601. The van der Waals surface area contributed by atoms with Crippen LogP contribution < -0.4 is 5.32 Å². The first-order chi connectivity index (χ1) is 10.1. The lowest BCUT2D eigenvalue weighted by Crippen LogP contribution is -2.54. The van der Waals surface area contributed by atoms with Gasteiger partial charge in [0.15, 0.2) is 11.3 Å². The number of ether oxygens (including phenoxy) is 1. The lowest BCUT2D eigenvalue weighted by atomic mass is 9.96. The Balaban J connectivity index is 1.97. The van der Waals surface area contributed by atoms with Crippen LogP contribution in [0, 0.1) is 5.82 Å². The maximum atomic E-state index is 13.4.